The number of methoxy groups -OCH3 is 2. The van der Waals surface area contributed by atoms with Gasteiger partial charge in [0.25, 0.3) is 0 Å². The predicted octanol–water partition coefficient (Wildman–Crippen LogP) is 2.73. The Kier molecular flexibility index (Phi) is 7.24. The molecule has 2 aromatic rings. The van der Waals surface area contributed by atoms with Gasteiger partial charge in [0, 0.05) is 23.4 Å². The third kappa shape index (κ3) is 5.48. The van der Waals surface area contributed by atoms with Gasteiger partial charge in [-0.05, 0) is 49.7 Å². The number of benzene rings is 2. The Balaban J connectivity index is 1.54. The zero-order valence-corrected chi connectivity index (χ0v) is 17.1. The van der Waals surface area contributed by atoms with E-state index in [0.29, 0.717) is 11.4 Å². The summed E-state index contributed by atoms with van der Waals surface area (Å²) < 4.78 is 23.7. The van der Waals surface area contributed by atoms with Crippen LogP contribution in [-0.2, 0) is 9.59 Å². The highest BCUT2D eigenvalue weighted by Gasteiger charge is 2.29. The molecule has 2 N–H and O–H groups in total. The van der Waals surface area contributed by atoms with Crippen LogP contribution in [0.15, 0.2) is 42.5 Å². The molecular weight excluding hydrogens is 389 g/mol. The number of ether oxygens (including phenoxy) is 2. The van der Waals surface area contributed by atoms with Gasteiger partial charge in [0.2, 0.25) is 11.8 Å². The number of halogens is 1. The molecule has 3 rings (SSSR count). The number of anilines is 1. The SMILES string of the molecule is COc1ccc([C@@H]2CCCN2CC(=O)NCC(=O)Nc2ccc(F)cc2)c(OC)c1. The number of rotatable bonds is 8. The number of hydrogen-bond donors (Lipinski definition) is 2. The number of likely N-dealkylation sites (tertiary alicyclic amines) is 1. The van der Waals surface area contributed by atoms with E-state index >= 15 is 0 Å². The van der Waals surface area contributed by atoms with Crippen LogP contribution in [0.25, 0.3) is 0 Å². The Hall–Kier alpha value is -3.13. The van der Waals surface area contributed by atoms with Crippen molar-refractivity contribution in [2.75, 3.05) is 39.2 Å². The van der Waals surface area contributed by atoms with E-state index in [2.05, 4.69) is 15.5 Å². The van der Waals surface area contributed by atoms with Crippen molar-refractivity contribution in [1.82, 2.24) is 10.2 Å². The average molecular weight is 415 g/mol. The second-order valence-electron chi connectivity index (χ2n) is 7.07. The highest BCUT2D eigenvalue weighted by Crippen LogP contribution is 2.38. The van der Waals surface area contributed by atoms with Gasteiger partial charge in [0.1, 0.15) is 17.3 Å². The van der Waals surface area contributed by atoms with Gasteiger partial charge in [0.15, 0.2) is 0 Å². The summed E-state index contributed by atoms with van der Waals surface area (Å²) in [6.07, 6.45) is 1.89. The topological polar surface area (TPSA) is 79.9 Å². The molecule has 1 fully saturated rings. The molecule has 1 saturated heterocycles. The summed E-state index contributed by atoms with van der Waals surface area (Å²) in [5.41, 5.74) is 1.49. The molecule has 1 aliphatic rings. The van der Waals surface area contributed by atoms with Crippen LogP contribution in [0.4, 0.5) is 10.1 Å². The summed E-state index contributed by atoms with van der Waals surface area (Å²) >= 11 is 0. The number of carbonyl (C=O) groups excluding carboxylic acids is 2. The van der Waals surface area contributed by atoms with E-state index in [1.165, 1.54) is 24.3 Å². The molecule has 1 aliphatic heterocycles. The van der Waals surface area contributed by atoms with E-state index in [9.17, 15) is 14.0 Å². The van der Waals surface area contributed by atoms with Gasteiger partial charge < -0.3 is 20.1 Å². The predicted molar refractivity (Wildman–Crippen MR) is 111 cm³/mol. The number of amides is 2. The van der Waals surface area contributed by atoms with E-state index in [1.54, 1.807) is 14.2 Å². The van der Waals surface area contributed by atoms with Gasteiger partial charge in [-0.1, -0.05) is 6.07 Å². The molecule has 0 spiro atoms. The highest BCUT2D eigenvalue weighted by atomic mass is 19.1. The van der Waals surface area contributed by atoms with Crippen LogP contribution >= 0.6 is 0 Å². The summed E-state index contributed by atoms with van der Waals surface area (Å²) in [6.45, 7) is 0.819. The van der Waals surface area contributed by atoms with Gasteiger partial charge in [-0.15, -0.1) is 0 Å². The summed E-state index contributed by atoms with van der Waals surface area (Å²) in [4.78, 5) is 26.5. The Morgan fingerprint density at radius 2 is 1.87 bits per heavy atom. The zero-order valence-electron chi connectivity index (χ0n) is 17.1. The second-order valence-corrected chi connectivity index (χ2v) is 7.07. The third-order valence-electron chi connectivity index (χ3n) is 5.08. The average Bonchev–Trinajstić information content (AvgIpc) is 3.21. The number of nitrogens with zero attached hydrogens (tertiary/aromatic N) is 1. The van der Waals surface area contributed by atoms with Crippen molar-refractivity contribution in [3.05, 3.63) is 53.8 Å². The van der Waals surface area contributed by atoms with E-state index in [-0.39, 0.29) is 36.8 Å². The lowest BCUT2D eigenvalue weighted by atomic mass is 10.0. The van der Waals surface area contributed by atoms with E-state index < -0.39 is 0 Å². The molecule has 0 unspecified atom stereocenters. The Bertz CT molecular complexity index is 888. The lowest BCUT2D eigenvalue weighted by Gasteiger charge is -2.25. The first kappa shape index (κ1) is 21.6. The van der Waals surface area contributed by atoms with Crippen LogP contribution in [-0.4, -0.2) is 50.6 Å². The van der Waals surface area contributed by atoms with Gasteiger partial charge >= 0.3 is 0 Å². The first-order valence-corrected chi connectivity index (χ1v) is 9.78. The lowest BCUT2D eigenvalue weighted by molar-refractivity contribution is -0.125. The first-order chi connectivity index (χ1) is 14.5. The molecule has 0 bridgehead atoms. The molecule has 1 heterocycles. The Morgan fingerprint density at radius 1 is 1.10 bits per heavy atom. The monoisotopic (exact) mass is 415 g/mol. The molecule has 30 heavy (non-hydrogen) atoms. The van der Waals surface area contributed by atoms with Crippen LogP contribution in [0.5, 0.6) is 11.5 Å². The maximum absolute atomic E-state index is 12.9. The van der Waals surface area contributed by atoms with Gasteiger partial charge in [-0.3, -0.25) is 14.5 Å². The van der Waals surface area contributed by atoms with Crippen molar-refractivity contribution in [3.8, 4) is 11.5 Å². The summed E-state index contributed by atoms with van der Waals surface area (Å²) in [6, 6.07) is 11.2. The molecule has 8 heteroatoms. The normalized spacial score (nSPS) is 16.2. The fourth-order valence-electron chi connectivity index (χ4n) is 3.62. The molecule has 0 radical (unpaired) electrons. The molecular formula is C22H26FN3O4. The second kappa shape index (κ2) is 10.1. The third-order valence-corrected chi connectivity index (χ3v) is 5.08. The van der Waals surface area contributed by atoms with E-state index in [0.717, 1.165) is 30.7 Å². The van der Waals surface area contributed by atoms with Crippen molar-refractivity contribution < 1.29 is 23.5 Å². The number of carbonyl (C=O) groups is 2. The fourth-order valence-corrected chi connectivity index (χ4v) is 3.62. The minimum Gasteiger partial charge on any atom is -0.497 e. The molecule has 7 nitrogen and oxygen atoms in total. The van der Waals surface area contributed by atoms with Crippen LogP contribution in [0.3, 0.4) is 0 Å². The van der Waals surface area contributed by atoms with Crippen molar-refractivity contribution in [2.24, 2.45) is 0 Å². The molecule has 0 aromatic heterocycles. The maximum Gasteiger partial charge on any atom is 0.243 e. The van der Waals surface area contributed by atoms with Crippen molar-refractivity contribution >= 4 is 17.5 Å². The smallest absolute Gasteiger partial charge is 0.243 e. The molecule has 2 aromatic carbocycles. The van der Waals surface area contributed by atoms with Gasteiger partial charge in [-0.2, -0.15) is 0 Å². The van der Waals surface area contributed by atoms with E-state index in [1.807, 2.05) is 18.2 Å². The maximum atomic E-state index is 12.9. The molecule has 2 amide bonds. The standard InChI is InChI=1S/C22H26FN3O4/c1-29-17-9-10-18(20(12-17)30-2)19-4-3-11-26(19)14-22(28)24-13-21(27)25-16-7-5-15(23)6-8-16/h5-10,12,19H,3-4,11,13-14H2,1-2H3,(H,24,28)(H,25,27)/t19-/m0/s1. The summed E-state index contributed by atoms with van der Waals surface area (Å²) in [7, 11) is 3.22. The molecule has 0 aliphatic carbocycles. The van der Waals surface area contributed by atoms with Crippen molar-refractivity contribution in [2.45, 2.75) is 18.9 Å². The fraction of sp³-hybridized carbons (Fsp3) is 0.364. The van der Waals surface area contributed by atoms with Crippen LogP contribution in [0.2, 0.25) is 0 Å². The number of nitrogens with one attached hydrogen (secondary N) is 2. The molecule has 0 saturated carbocycles. The quantitative estimate of drug-likeness (QED) is 0.693. The van der Waals surface area contributed by atoms with Crippen molar-refractivity contribution in [3.63, 3.8) is 0 Å². The van der Waals surface area contributed by atoms with Gasteiger partial charge in [0.05, 0.1) is 27.3 Å². The van der Waals surface area contributed by atoms with E-state index in [4.69, 9.17) is 9.47 Å². The van der Waals surface area contributed by atoms with Crippen LogP contribution in [0, 0.1) is 5.82 Å². The molecule has 160 valence electrons. The highest BCUT2D eigenvalue weighted by molar-refractivity contribution is 5.94. The number of hydrogen-bond acceptors (Lipinski definition) is 5. The largest absolute Gasteiger partial charge is 0.497 e. The summed E-state index contributed by atoms with van der Waals surface area (Å²) in [5, 5.41) is 5.26. The van der Waals surface area contributed by atoms with Crippen LogP contribution in [0.1, 0.15) is 24.4 Å². The molecule has 1 atom stereocenters. The van der Waals surface area contributed by atoms with Crippen LogP contribution < -0.4 is 20.1 Å². The zero-order chi connectivity index (χ0) is 21.5. The Morgan fingerprint density at radius 3 is 2.57 bits per heavy atom. The summed E-state index contributed by atoms with van der Waals surface area (Å²) in [5.74, 6) is 0.457. The first-order valence-electron chi connectivity index (χ1n) is 9.78. The van der Waals surface area contributed by atoms with Gasteiger partial charge in [-0.25, -0.2) is 4.39 Å². The lowest BCUT2D eigenvalue weighted by Crippen LogP contribution is -2.40. The van der Waals surface area contributed by atoms with Crippen molar-refractivity contribution in [1.29, 1.82) is 0 Å². The minimum atomic E-state index is -0.380. The minimum absolute atomic E-state index is 0.0599. The Labute approximate surface area is 175 Å².